The summed E-state index contributed by atoms with van der Waals surface area (Å²) in [4.78, 5) is 16.4. The van der Waals surface area contributed by atoms with Crippen LogP contribution < -0.4 is 5.32 Å². The molecule has 1 aromatic heterocycles. The van der Waals surface area contributed by atoms with Crippen molar-refractivity contribution in [1.29, 1.82) is 5.41 Å². The van der Waals surface area contributed by atoms with E-state index in [1.165, 1.54) is 6.92 Å². The molecular formula is C14H13N3OS. The van der Waals surface area contributed by atoms with Crippen molar-refractivity contribution in [3.63, 3.8) is 0 Å². The first-order valence-electron chi connectivity index (χ1n) is 5.78. The number of nitrogens with one attached hydrogen (secondary N) is 2. The van der Waals surface area contributed by atoms with Gasteiger partial charge in [-0.3, -0.25) is 15.2 Å². The lowest BCUT2D eigenvalue weighted by Gasteiger charge is -2.28. The summed E-state index contributed by atoms with van der Waals surface area (Å²) < 4.78 is 0. The molecule has 0 aromatic carbocycles. The maximum absolute atomic E-state index is 11.9. The Labute approximate surface area is 116 Å². The van der Waals surface area contributed by atoms with Crippen LogP contribution in [-0.2, 0) is 4.79 Å². The van der Waals surface area contributed by atoms with Crippen molar-refractivity contribution >= 4 is 28.9 Å². The molecule has 0 fully saturated rings. The molecule has 1 aliphatic rings. The number of Topliss-reactive ketones (excluding diaryl/α,β-unsaturated/α-hetero) is 1. The standard InChI is InChI=1S/C14H13N3OS/c1-8-12(9(2)18)13(10-4-3-5-16-7-10)11(6-15)14(19)17-8/h3-5,7,13,15H,1-2H3,(H,17,19). The van der Waals surface area contributed by atoms with Crippen LogP contribution in [0.15, 0.2) is 41.4 Å². The zero-order valence-corrected chi connectivity index (χ0v) is 11.5. The Morgan fingerprint density at radius 1 is 1.58 bits per heavy atom. The molecule has 0 bridgehead atoms. The van der Waals surface area contributed by atoms with Gasteiger partial charge in [-0.15, -0.1) is 0 Å². The highest BCUT2D eigenvalue weighted by atomic mass is 32.1. The van der Waals surface area contributed by atoms with Crippen LogP contribution in [0.1, 0.15) is 25.3 Å². The van der Waals surface area contributed by atoms with Crippen LogP contribution in [-0.4, -0.2) is 21.6 Å². The molecule has 0 spiro atoms. The van der Waals surface area contributed by atoms with E-state index in [-0.39, 0.29) is 11.7 Å². The smallest absolute Gasteiger partial charge is 0.158 e. The van der Waals surface area contributed by atoms with E-state index in [0.29, 0.717) is 16.1 Å². The van der Waals surface area contributed by atoms with Gasteiger partial charge in [0.2, 0.25) is 0 Å². The van der Waals surface area contributed by atoms with Crippen LogP contribution in [0.2, 0.25) is 0 Å². The van der Waals surface area contributed by atoms with Gasteiger partial charge in [-0.2, -0.15) is 0 Å². The van der Waals surface area contributed by atoms with Gasteiger partial charge in [-0.1, -0.05) is 18.3 Å². The lowest BCUT2D eigenvalue weighted by atomic mass is 9.81. The summed E-state index contributed by atoms with van der Waals surface area (Å²) in [6, 6.07) is 3.67. The van der Waals surface area contributed by atoms with E-state index >= 15 is 0 Å². The summed E-state index contributed by atoms with van der Waals surface area (Å²) >= 11 is 5.22. The fourth-order valence-corrected chi connectivity index (χ4v) is 2.60. The SMILES string of the molecule is CC(=O)C1=C(C)NC(=S)C(=C=N)C1c1cccnc1. The molecule has 2 heterocycles. The molecule has 1 unspecified atom stereocenters. The number of nitrogens with zero attached hydrogens (tertiary/aromatic N) is 1. The van der Waals surface area contributed by atoms with Gasteiger partial charge in [0.1, 0.15) is 4.99 Å². The van der Waals surface area contributed by atoms with Crippen molar-refractivity contribution in [3.05, 3.63) is 46.9 Å². The average molecular weight is 271 g/mol. The van der Waals surface area contributed by atoms with Gasteiger partial charge in [0.25, 0.3) is 0 Å². The molecule has 1 aromatic rings. The fourth-order valence-electron chi connectivity index (χ4n) is 2.27. The number of hydrogen-bond acceptors (Lipinski definition) is 4. The highest BCUT2D eigenvalue weighted by molar-refractivity contribution is 7.80. The zero-order valence-electron chi connectivity index (χ0n) is 10.7. The van der Waals surface area contributed by atoms with Gasteiger partial charge in [-0.05, 0) is 31.3 Å². The molecular weight excluding hydrogens is 258 g/mol. The Morgan fingerprint density at radius 2 is 2.32 bits per heavy atom. The number of aromatic nitrogens is 1. The molecule has 0 amide bonds. The molecule has 5 heteroatoms. The molecule has 0 radical (unpaired) electrons. The molecule has 2 rings (SSSR count). The fraction of sp³-hybridized carbons (Fsp3) is 0.214. The van der Waals surface area contributed by atoms with E-state index in [1.807, 2.05) is 13.0 Å². The maximum atomic E-state index is 11.9. The predicted molar refractivity (Wildman–Crippen MR) is 77.3 cm³/mol. The Hall–Kier alpha value is -2.10. The van der Waals surface area contributed by atoms with E-state index in [4.69, 9.17) is 17.6 Å². The summed E-state index contributed by atoms with van der Waals surface area (Å²) in [6.07, 6.45) is 3.35. The van der Waals surface area contributed by atoms with Crippen molar-refractivity contribution in [2.24, 2.45) is 0 Å². The number of pyridine rings is 1. The predicted octanol–water partition coefficient (Wildman–Crippen LogP) is 2.13. The maximum Gasteiger partial charge on any atom is 0.158 e. The summed E-state index contributed by atoms with van der Waals surface area (Å²) in [5, 5.41) is 10.4. The quantitative estimate of drug-likeness (QED) is 0.491. The van der Waals surface area contributed by atoms with Gasteiger partial charge in [-0.25, -0.2) is 0 Å². The molecule has 0 aliphatic carbocycles. The lowest BCUT2D eigenvalue weighted by Crippen LogP contribution is -2.34. The van der Waals surface area contributed by atoms with Crippen molar-refractivity contribution in [2.75, 3.05) is 0 Å². The molecule has 1 aliphatic heterocycles. The second-order valence-corrected chi connectivity index (χ2v) is 4.72. The van der Waals surface area contributed by atoms with Gasteiger partial charge in [0.15, 0.2) is 5.78 Å². The first kappa shape index (κ1) is 13.3. The third-order valence-corrected chi connectivity index (χ3v) is 3.38. The molecule has 1 atom stereocenters. The Balaban J connectivity index is 2.69. The Morgan fingerprint density at radius 3 is 2.84 bits per heavy atom. The van der Waals surface area contributed by atoms with E-state index in [2.05, 4.69) is 16.2 Å². The van der Waals surface area contributed by atoms with Crippen LogP contribution in [0.5, 0.6) is 0 Å². The molecule has 0 saturated carbocycles. The summed E-state index contributed by atoms with van der Waals surface area (Å²) in [6.45, 7) is 3.33. The van der Waals surface area contributed by atoms with E-state index < -0.39 is 0 Å². The van der Waals surface area contributed by atoms with E-state index in [9.17, 15) is 4.79 Å². The minimum Gasteiger partial charge on any atom is -0.349 e. The summed E-state index contributed by atoms with van der Waals surface area (Å²) in [7, 11) is 0. The van der Waals surface area contributed by atoms with Gasteiger partial charge in [0, 0.05) is 23.7 Å². The summed E-state index contributed by atoms with van der Waals surface area (Å²) in [5.41, 5.74) is 2.67. The number of carbonyl (C=O) groups excluding carboxylic acids is 1. The van der Waals surface area contributed by atoms with Crippen LogP contribution in [0.25, 0.3) is 0 Å². The second-order valence-electron chi connectivity index (χ2n) is 4.31. The van der Waals surface area contributed by atoms with Crippen molar-refractivity contribution in [1.82, 2.24) is 10.3 Å². The van der Waals surface area contributed by atoms with Gasteiger partial charge < -0.3 is 5.32 Å². The van der Waals surface area contributed by atoms with Gasteiger partial charge >= 0.3 is 0 Å². The molecule has 2 N–H and O–H groups in total. The third kappa shape index (κ3) is 2.38. The van der Waals surface area contributed by atoms with Crippen LogP contribution in [0.3, 0.4) is 0 Å². The van der Waals surface area contributed by atoms with Crippen LogP contribution >= 0.6 is 12.2 Å². The molecule has 0 saturated heterocycles. The number of carbonyl (C=O) groups is 1. The second kappa shape index (κ2) is 5.26. The Kier molecular flexibility index (Phi) is 3.69. The number of rotatable bonds is 2. The van der Waals surface area contributed by atoms with Crippen LogP contribution in [0.4, 0.5) is 0 Å². The molecule has 4 nitrogen and oxygen atoms in total. The topological polar surface area (TPSA) is 65.8 Å². The van der Waals surface area contributed by atoms with Crippen molar-refractivity contribution in [3.8, 4) is 0 Å². The van der Waals surface area contributed by atoms with E-state index in [1.54, 1.807) is 18.5 Å². The minimum absolute atomic E-state index is 0.0471. The number of ketones is 1. The van der Waals surface area contributed by atoms with E-state index in [0.717, 1.165) is 11.3 Å². The lowest BCUT2D eigenvalue weighted by molar-refractivity contribution is -0.113. The largest absolute Gasteiger partial charge is 0.349 e. The van der Waals surface area contributed by atoms with Crippen molar-refractivity contribution < 1.29 is 4.79 Å². The average Bonchev–Trinajstić information content (AvgIpc) is 2.38. The highest BCUT2D eigenvalue weighted by Crippen LogP contribution is 2.35. The third-order valence-electron chi connectivity index (χ3n) is 3.06. The Bertz CT molecular complexity index is 627. The van der Waals surface area contributed by atoms with Gasteiger partial charge in [0.05, 0.1) is 11.5 Å². The van der Waals surface area contributed by atoms with Crippen LogP contribution in [0, 0.1) is 5.41 Å². The zero-order chi connectivity index (χ0) is 14.0. The number of hydrogen-bond donors (Lipinski definition) is 2. The highest BCUT2D eigenvalue weighted by Gasteiger charge is 2.33. The summed E-state index contributed by atoms with van der Waals surface area (Å²) in [5.74, 6) is 1.95. The number of thiocarbonyl (C=S) groups is 1. The minimum atomic E-state index is -0.363. The monoisotopic (exact) mass is 271 g/mol. The first-order chi connectivity index (χ1) is 9.06. The first-order valence-corrected chi connectivity index (χ1v) is 6.19. The normalized spacial score (nSPS) is 18.9. The van der Waals surface area contributed by atoms with Crippen molar-refractivity contribution in [2.45, 2.75) is 19.8 Å². The molecule has 96 valence electrons. The number of allylic oxidation sites excluding steroid dienone is 2. The molecule has 19 heavy (non-hydrogen) atoms.